The van der Waals surface area contributed by atoms with Crippen LogP contribution < -0.4 is 9.64 Å². The Bertz CT molecular complexity index is 910. The number of amides is 1. The first kappa shape index (κ1) is 17.6. The van der Waals surface area contributed by atoms with Gasteiger partial charge in [0.25, 0.3) is 11.6 Å². The molecule has 26 heavy (non-hydrogen) atoms. The van der Waals surface area contributed by atoms with Gasteiger partial charge in [0.2, 0.25) is 0 Å². The maximum atomic E-state index is 12.8. The van der Waals surface area contributed by atoms with Crippen LogP contribution in [0.4, 0.5) is 16.5 Å². The average molecular weight is 369 g/mol. The molecular weight excluding hydrogens is 354 g/mol. The molecule has 132 valence electrons. The van der Waals surface area contributed by atoms with E-state index in [-0.39, 0.29) is 18.2 Å². The molecule has 2 aromatic carbocycles. The van der Waals surface area contributed by atoms with Gasteiger partial charge in [-0.1, -0.05) is 18.2 Å². The minimum atomic E-state index is -0.489. The lowest BCUT2D eigenvalue weighted by Gasteiger charge is -2.20. The van der Waals surface area contributed by atoms with Crippen molar-refractivity contribution in [2.45, 2.75) is 6.92 Å². The molecule has 0 aliphatic carbocycles. The van der Waals surface area contributed by atoms with Crippen LogP contribution in [-0.2, 0) is 4.79 Å². The molecule has 3 rings (SSSR count). The maximum absolute atomic E-state index is 12.8. The highest BCUT2D eigenvalue weighted by Gasteiger charge is 2.21. The third-order valence-corrected chi connectivity index (χ3v) is 4.42. The standard InChI is InChI=1S/C18H15N3O4S/c1-13-12-26-18(19-13)20(14-5-3-2-4-6-14)17(22)11-25-16-9-7-15(8-10-16)21(23)24/h2-10,12H,11H2,1H3. The van der Waals surface area contributed by atoms with E-state index >= 15 is 0 Å². The lowest BCUT2D eigenvalue weighted by molar-refractivity contribution is -0.384. The number of para-hydroxylation sites is 1. The van der Waals surface area contributed by atoms with Gasteiger partial charge in [0.05, 0.1) is 16.3 Å². The van der Waals surface area contributed by atoms with E-state index in [1.807, 2.05) is 42.6 Å². The lowest BCUT2D eigenvalue weighted by atomic mass is 10.3. The third-order valence-electron chi connectivity index (χ3n) is 3.47. The van der Waals surface area contributed by atoms with E-state index in [9.17, 15) is 14.9 Å². The Morgan fingerprint density at radius 3 is 2.46 bits per heavy atom. The quantitative estimate of drug-likeness (QED) is 0.482. The number of anilines is 2. The SMILES string of the molecule is Cc1csc(N(C(=O)COc2ccc([N+](=O)[O-])cc2)c2ccccc2)n1. The maximum Gasteiger partial charge on any atom is 0.271 e. The number of nitro benzene ring substituents is 1. The van der Waals surface area contributed by atoms with Gasteiger partial charge in [0, 0.05) is 17.5 Å². The van der Waals surface area contributed by atoms with Crippen molar-refractivity contribution >= 4 is 33.8 Å². The van der Waals surface area contributed by atoms with Crippen LogP contribution in [0.2, 0.25) is 0 Å². The molecule has 0 atom stereocenters. The van der Waals surface area contributed by atoms with Gasteiger partial charge in [0.1, 0.15) is 5.75 Å². The summed E-state index contributed by atoms with van der Waals surface area (Å²) in [5.74, 6) is 0.0937. The molecule has 0 aliphatic rings. The van der Waals surface area contributed by atoms with Crippen molar-refractivity contribution in [3.8, 4) is 5.75 Å². The molecule has 0 spiro atoms. The van der Waals surface area contributed by atoms with Crippen LogP contribution in [-0.4, -0.2) is 22.4 Å². The summed E-state index contributed by atoms with van der Waals surface area (Å²) >= 11 is 1.37. The van der Waals surface area contributed by atoms with E-state index in [0.29, 0.717) is 16.6 Å². The van der Waals surface area contributed by atoms with Gasteiger partial charge < -0.3 is 4.74 Å². The molecule has 0 fully saturated rings. The number of thiazole rings is 1. The fourth-order valence-electron chi connectivity index (χ4n) is 2.26. The van der Waals surface area contributed by atoms with Crippen molar-refractivity contribution < 1.29 is 14.5 Å². The molecule has 0 saturated heterocycles. The zero-order valence-electron chi connectivity index (χ0n) is 13.9. The highest BCUT2D eigenvalue weighted by Crippen LogP contribution is 2.28. The largest absolute Gasteiger partial charge is 0.484 e. The number of carbonyl (C=O) groups excluding carboxylic acids is 1. The van der Waals surface area contributed by atoms with Crippen molar-refractivity contribution in [3.63, 3.8) is 0 Å². The predicted octanol–water partition coefficient (Wildman–Crippen LogP) is 4.10. The Balaban J connectivity index is 1.76. The first-order valence-corrected chi connectivity index (χ1v) is 8.60. The van der Waals surface area contributed by atoms with E-state index in [1.165, 1.54) is 40.5 Å². The normalized spacial score (nSPS) is 10.3. The number of aryl methyl sites for hydroxylation is 1. The van der Waals surface area contributed by atoms with E-state index in [0.717, 1.165) is 5.69 Å². The second-order valence-corrected chi connectivity index (χ2v) is 6.21. The van der Waals surface area contributed by atoms with Crippen molar-refractivity contribution in [2.75, 3.05) is 11.5 Å². The molecule has 7 nitrogen and oxygen atoms in total. The highest BCUT2D eigenvalue weighted by molar-refractivity contribution is 7.14. The van der Waals surface area contributed by atoms with Crippen molar-refractivity contribution in [3.05, 3.63) is 75.8 Å². The molecule has 0 bridgehead atoms. The Hall–Kier alpha value is -3.26. The number of hydrogen-bond donors (Lipinski definition) is 0. The van der Waals surface area contributed by atoms with Crippen LogP contribution in [0.5, 0.6) is 5.75 Å². The number of nitrogens with zero attached hydrogens (tertiary/aromatic N) is 3. The summed E-state index contributed by atoms with van der Waals surface area (Å²) in [4.78, 5) is 28.8. The summed E-state index contributed by atoms with van der Waals surface area (Å²) in [6.45, 7) is 1.65. The van der Waals surface area contributed by atoms with Crippen LogP contribution in [0.3, 0.4) is 0 Å². The monoisotopic (exact) mass is 369 g/mol. The van der Waals surface area contributed by atoms with E-state index in [1.54, 1.807) is 0 Å². The number of non-ortho nitro benzene ring substituents is 1. The van der Waals surface area contributed by atoms with Crippen molar-refractivity contribution in [2.24, 2.45) is 0 Å². The van der Waals surface area contributed by atoms with Crippen molar-refractivity contribution in [1.82, 2.24) is 4.98 Å². The van der Waals surface area contributed by atoms with Gasteiger partial charge in [0.15, 0.2) is 11.7 Å². The van der Waals surface area contributed by atoms with Gasteiger partial charge in [-0.05, 0) is 31.2 Å². The Kier molecular flexibility index (Phi) is 5.23. The smallest absolute Gasteiger partial charge is 0.271 e. The van der Waals surface area contributed by atoms with Crippen LogP contribution in [0.15, 0.2) is 60.0 Å². The third kappa shape index (κ3) is 4.04. The summed E-state index contributed by atoms with van der Waals surface area (Å²) in [5.41, 5.74) is 1.49. The summed E-state index contributed by atoms with van der Waals surface area (Å²) < 4.78 is 5.50. The number of benzene rings is 2. The van der Waals surface area contributed by atoms with Crippen LogP contribution in [0.1, 0.15) is 5.69 Å². The van der Waals surface area contributed by atoms with Gasteiger partial charge in [-0.15, -0.1) is 11.3 Å². The summed E-state index contributed by atoms with van der Waals surface area (Å²) in [5, 5.41) is 13.1. The first-order valence-electron chi connectivity index (χ1n) is 7.72. The molecule has 0 unspecified atom stereocenters. The summed E-state index contributed by atoms with van der Waals surface area (Å²) in [7, 11) is 0. The summed E-state index contributed by atoms with van der Waals surface area (Å²) in [6.07, 6.45) is 0. The van der Waals surface area contributed by atoms with Crippen molar-refractivity contribution in [1.29, 1.82) is 0 Å². The lowest BCUT2D eigenvalue weighted by Crippen LogP contribution is -2.30. The van der Waals surface area contributed by atoms with Gasteiger partial charge in [-0.2, -0.15) is 0 Å². The molecule has 0 N–H and O–H groups in total. The van der Waals surface area contributed by atoms with Gasteiger partial charge >= 0.3 is 0 Å². The molecule has 3 aromatic rings. The molecule has 1 heterocycles. The van der Waals surface area contributed by atoms with Gasteiger partial charge in [-0.3, -0.25) is 19.8 Å². The van der Waals surface area contributed by atoms with Crippen LogP contribution >= 0.6 is 11.3 Å². The minimum absolute atomic E-state index is 0.0344. The van der Waals surface area contributed by atoms with Gasteiger partial charge in [-0.25, -0.2) is 4.98 Å². The Morgan fingerprint density at radius 1 is 1.19 bits per heavy atom. The second-order valence-electron chi connectivity index (χ2n) is 5.38. The highest BCUT2D eigenvalue weighted by atomic mass is 32.1. The number of ether oxygens (including phenoxy) is 1. The number of rotatable bonds is 6. The Morgan fingerprint density at radius 2 is 1.88 bits per heavy atom. The number of carbonyl (C=O) groups is 1. The zero-order chi connectivity index (χ0) is 18.5. The van der Waals surface area contributed by atoms with Crippen LogP contribution in [0.25, 0.3) is 0 Å². The van der Waals surface area contributed by atoms with E-state index in [4.69, 9.17) is 4.74 Å². The average Bonchev–Trinajstić information content (AvgIpc) is 3.07. The molecule has 0 aliphatic heterocycles. The molecule has 1 amide bonds. The fourth-order valence-corrected chi connectivity index (χ4v) is 3.09. The molecule has 0 radical (unpaired) electrons. The number of aromatic nitrogens is 1. The van der Waals surface area contributed by atoms with Crippen LogP contribution in [0, 0.1) is 17.0 Å². The predicted molar refractivity (Wildman–Crippen MR) is 99.0 cm³/mol. The summed E-state index contributed by atoms with van der Waals surface area (Å²) in [6, 6.07) is 14.8. The first-order chi connectivity index (χ1) is 12.5. The Labute approximate surface area is 153 Å². The zero-order valence-corrected chi connectivity index (χ0v) is 14.7. The molecule has 0 saturated carbocycles. The number of nitro groups is 1. The number of hydrogen-bond acceptors (Lipinski definition) is 6. The molecular formula is C18H15N3O4S. The molecule has 8 heteroatoms. The molecule has 1 aromatic heterocycles. The van der Waals surface area contributed by atoms with E-state index in [2.05, 4.69) is 4.98 Å². The fraction of sp³-hybridized carbons (Fsp3) is 0.111. The topological polar surface area (TPSA) is 85.6 Å². The minimum Gasteiger partial charge on any atom is -0.484 e. The van der Waals surface area contributed by atoms with E-state index < -0.39 is 4.92 Å². The second kappa shape index (κ2) is 7.75.